The molecule has 0 aromatic heterocycles. The number of aryl methyl sites for hydroxylation is 3. The molecule has 0 heterocycles. The molecule has 1 atom stereocenters. The minimum absolute atomic E-state index is 0.195. The van der Waals surface area contributed by atoms with Crippen LogP contribution < -0.4 is 4.74 Å². The first-order valence-corrected chi connectivity index (χ1v) is 8.48. The van der Waals surface area contributed by atoms with Crippen molar-refractivity contribution < 1.29 is 9.84 Å². The topological polar surface area (TPSA) is 29.5 Å². The van der Waals surface area contributed by atoms with Gasteiger partial charge in [-0.2, -0.15) is 0 Å². The SMILES string of the molecule is COc1cc(CCC(C)CCc2ccc(C)c(Cl)c2)ccc1O. The van der Waals surface area contributed by atoms with E-state index in [1.165, 1.54) is 11.1 Å². The van der Waals surface area contributed by atoms with Crippen LogP contribution in [0.2, 0.25) is 5.02 Å². The van der Waals surface area contributed by atoms with E-state index in [0.29, 0.717) is 11.7 Å². The van der Waals surface area contributed by atoms with Crippen molar-refractivity contribution in [1.29, 1.82) is 0 Å². The maximum absolute atomic E-state index is 9.63. The Labute approximate surface area is 144 Å². The third kappa shape index (κ3) is 5.18. The molecule has 0 bridgehead atoms. The van der Waals surface area contributed by atoms with Crippen molar-refractivity contribution in [2.75, 3.05) is 7.11 Å². The van der Waals surface area contributed by atoms with Gasteiger partial charge in [0.2, 0.25) is 0 Å². The molecule has 2 rings (SSSR count). The van der Waals surface area contributed by atoms with E-state index in [2.05, 4.69) is 25.1 Å². The predicted octanol–water partition coefficient (Wildman–Crippen LogP) is 5.56. The molecule has 1 unspecified atom stereocenters. The quantitative estimate of drug-likeness (QED) is 0.718. The highest BCUT2D eigenvalue weighted by Crippen LogP contribution is 2.27. The van der Waals surface area contributed by atoms with Crippen LogP contribution in [0.15, 0.2) is 36.4 Å². The average Bonchev–Trinajstić information content (AvgIpc) is 2.55. The van der Waals surface area contributed by atoms with Crippen LogP contribution in [-0.2, 0) is 12.8 Å². The fraction of sp³-hybridized carbons (Fsp3) is 0.400. The van der Waals surface area contributed by atoms with Crippen LogP contribution in [0.5, 0.6) is 11.5 Å². The summed E-state index contributed by atoms with van der Waals surface area (Å²) in [6.45, 7) is 4.31. The normalized spacial score (nSPS) is 12.2. The highest BCUT2D eigenvalue weighted by Gasteiger charge is 2.07. The molecule has 0 aliphatic rings. The van der Waals surface area contributed by atoms with E-state index in [9.17, 15) is 5.11 Å². The van der Waals surface area contributed by atoms with Gasteiger partial charge in [0.25, 0.3) is 0 Å². The van der Waals surface area contributed by atoms with E-state index < -0.39 is 0 Å². The monoisotopic (exact) mass is 332 g/mol. The number of phenolic OH excluding ortho intramolecular Hbond substituents is 1. The van der Waals surface area contributed by atoms with Gasteiger partial charge >= 0.3 is 0 Å². The first-order chi connectivity index (χ1) is 11.0. The molecule has 3 heteroatoms. The van der Waals surface area contributed by atoms with Crippen molar-refractivity contribution in [1.82, 2.24) is 0 Å². The number of ether oxygens (including phenoxy) is 1. The number of hydrogen-bond acceptors (Lipinski definition) is 2. The number of rotatable bonds is 7. The fourth-order valence-electron chi connectivity index (χ4n) is 2.64. The summed E-state index contributed by atoms with van der Waals surface area (Å²) in [5.74, 6) is 1.37. The van der Waals surface area contributed by atoms with Crippen LogP contribution in [-0.4, -0.2) is 12.2 Å². The average molecular weight is 333 g/mol. The van der Waals surface area contributed by atoms with Crippen LogP contribution in [0.25, 0.3) is 0 Å². The Bertz CT molecular complexity index is 652. The molecule has 0 spiro atoms. The molecule has 0 aliphatic heterocycles. The van der Waals surface area contributed by atoms with Gasteiger partial charge in [0.1, 0.15) is 0 Å². The van der Waals surface area contributed by atoms with Gasteiger partial charge in [0.05, 0.1) is 7.11 Å². The van der Waals surface area contributed by atoms with Gasteiger partial charge in [-0.25, -0.2) is 0 Å². The van der Waals surface area contributed by atoms with Gasteiger partial charge in [-0.15, -0.1) is 0 Å². The first kappa shape index (κ1) is 17.7. The fourth-order valence-corrected chi connectivity index (χ4v) is 2.84. The second kappa shape index (κ2) is 8.26. The number of methoxy groups -OCH3 is 1. The van der Waals surface area contributed by atoms with E-state index >= 15 is 0 Å². The molecule has 2 aromatic rings. The number of phenols is 1. The number of aromatic hydroxyl groups is 1. The summed E-state index contributed by atoms with van der Waals surface area (Å²) in [7, 11) is 1.58. The van der Waals surface area contributed by atoms with Crippen LogP contribution >= 0.6 is 11.6 Å². The Balaban J connectivity index is 1.83. The minimum atomic E-state index is 0.195. The summed E-state index contributed by atoms with van der Waals surface area (Å²) in [6.07, 6.45) is 4.31. The summed E-state index contributed by atoms with van der Waals surface area (Å²) >= 11 is 6.18. The van der Waals surface area contributed by atoms with E-state index in [1.54, 1.807) is 13.2 Å². The lowest BCUT2D eigenvalue weighted by molar-refractivity contribution is 0.372. The molecule has 2 nitrogen and oxygen atoms in total. The largest absolute Gasteiger partial charge is 0.504 e. The molecular weight excluding hydrogens is 308 g/mol. The Morgan fingerprint density at radius 2 is 1.65 bits per heavy atom. The maximum Gasteiger partial charge on any atom is 0.160 e. The van der Waals surface area contributed by atoms with Gasteiger partial charge in [-0.1, -0.05) is 36.7 Å². The van der Waals surface area contributed by atoms with Gasteiger partial charge < -0.3 is 9.84 Å². The lowest BCUT2D eigenvalue weighted by atomic mass is 9.94. The standard InChI is InChI=1S/C20H25ClO2/c1-14(4-7-16-9-6-15(2)18(21)12-16)5-8-17-10-11-19(22)20(13-17)23-3/h6,9-14,22H,4-5,7-8H2,1-3H3. The number of hydrogen-bond donors (Lipinski definition) is 1. The van der Waals surface area contributed by atoms with Crippen molar-refractivity contribution in [3.8, 4) is 11.5 Å². The van der Waals surface area contributed by atoms with E-state index in [-0.39, 0.29) is 5.75 Å². The molecule has 0 fully saturated rings. The zero-order chi connectivity index (χ0) is 16.8. The molecule has 0 aliphatic carbocycles. The van der Waals surface area contributed by atoms with Gasteiger partial charge in [0, 0.05) is 5.02 Å². The summed E-state index contributed by atoms with van der Waals surface area (Å²) in [5, 5.41) is 10.5. The lowest BCUT2D eigenvalue weighted by Gasteiger charge is -2.13. The molecule has 124 valence electrons. The highest BCUT2D eigenvalue weighted by molar-refractivity contribution is 6.31. The first-order valence-electron chi connectivity index (χ1n) is 8.10. The van der Waals surface area contributed by atoms with Crippen molar-refractivity contribution in [3.63, 3.8) is 0 Å². The van der Waals surface area contributed by atoms with Crippen molar-refractivity contribution in [2.24, 2.45) is 5.92 Å². The Morgan fingerprint density at radius 1 is 1.04 bits per heavy atom. The molecule has 1 N–H and O–H groups in total. The van der Waals surface area contributed by atoms with Crippen molar-refractivity contribution >= 4 is 11.6 Å². The van der Waals surface area contributed by atoms with Crippen LogP contribution in [0.1, 0.15) is 36.5 Å². The number of benzene rings is 2. The van der Waals surface area contributed by atoms with Gasteiger partial charge in [-0.05, 0) is 73.4 Å². The summed E-state index contributed by atoms with van der Waals surface area (Å²) in [4.78, 5) is 0. The van der Waals surface area contributed by atoms with E-state index in [4.69, 9.17) is 16.3 Å². The molecular formula is C20H25ClO2. The smallest absolute Gasteiger partial charge is 0.160 e. The van der Waals surface area contributed by atoms with Crippen LogP contribution in [0.4, 0.5) is 0 Å². The Kier molecular flexibility index (Phi) is 6.35. The van der Waals surface area contributed by atoms with Crippen LogP contribution in [0.3, 0.4) is 0 Å². The van der Waals surface area contributed by atoms with Crippen molar-refractivity contribution in [2.45, 2.75) is 39.5 Å². The summed E-state index contributed by atoms with van der Waals surface area (Å²) in [5.41, 5.74) is 3.63. The summed E-state index contributed by atoms with van der Waals surface area (Å²) in [6, 6.07) is 11.9. The molecule has 0 saturated heterocycles. The van der Waals surface area contributed by atoms with Gasteiger partial charge in [0.15, 0.2) is 11.5 Å². The Hall–Kier alpha value is -1.67. The van der Waals surface area contributed by atoms with Crippen molar-refractivity contribution in [3.05, 3.63) is 58.1 Å². The maximum atomic E-state index is 9.63. The zero-order valence-electron chi connectivity index (χ0n) is 14.1. The molecule has 0 amide bonds. The third-order valence-corrected chi connectivity index (χ3v) is 4.74. The summed E-state index contributed by atoms with van der Waals surface area (Å²) < 4.78 is 5.16. The van der Waals surface area contributed by atoms with E-state index in [1.807, 2.05) is 19.1 Å². The second-order valence-corrected chi connectivity index (χ2v) is 6.68. The minimum Gasteiger partial charge on any atom is -0.504 e. The van der Waals surface area contributed by atoms with Gasteiger partial charge in [-0.3, -0.25) is 0 Å². The number of halogens is 1. The molecule has 0 radical (unpaired) electrons. The van der Waals surface area contributed by atoms with Crippen LogP contribution in [0, 0.1) is 12.8 Å². The predicted molar refractivity (Wildman–Crippen MR) is 96.7 cm³/mol. The third-order valence-electron chi connectivity index (χ3n) is 4.33. The Morgan fingerprint density at radius 3 is 2.26 bits per heavy atom. The zero-order valence-corrected chi connectivity index (χ0v) is 14.9. The molecule has 0 saturated carbocycles. The van der Waals surface area contributed by atoms with E-state index in [0.717, 1.165) is 36.3 Å². The lowest BCUT2D eigenvalue weighted by Crippen LogP contribution is -2.00. The second-order valence-electron chi connectivity index (χ2n) is 6.27. The molecule has 23 heavy (non-hydrogen) atoms. The molecule has 2 aromatic carbocycles. The highest BCUT2D eigenvalue weighted by atomic mass is 35.5.